The summed E-state index contributed by atoms with van der Waals surface area (Å²) >= 11 is 0. The van der Waals surface area contributed by atoms with Crippen LogP contribution in [0.4, 0.5) is 0 Å². The fourth-order valence-electron chi connectivity index (χ4n) is 3.75. The molecular formula is C19H23N3O2. The summed E-state index contributed by atoms with van der Waals surface area (Å²) in [6, 6.07) is 10.5. The summed E-state index contributed by atoms with van der Waals surface area (Å²) in [5.41, 5.74) is 2.26. The van der Waals surface area contributed by atoms with Crippen LogP contribution in [0.1, 0.15) is 24.1 Å². The van der Waals surface area contributed by atoms with Crippen molar-refractivity contribution in [2.45, 2.75) is 44.2 Å². The fraction of sp³-hybridized carbons (Fsp3) is 0.474. The molecule has 2 aliphatic rings. The summed E-state index contributed by atoms with van der Waals surface area (Å²) in [4.78, 5) is 11.0. The molecule has 3 atom stereocenters. The van der Waals surface area contributed by atoms with Crippen molar-refractivity contribution in [3.05, 3.63) is 60.2 Å². The number of ether oxygens (including phenoxy) is 2. The van der Waals surface area contributed by atoms with Crippen LogP contribution in [-0.4, -0.2) is 46.3 Å². The molecule has 1 saturated heterocycles. The number of fused-ring (bicyclic) bond motifs is 2. The van der Waals surface area contributed by atoms with Crippen molar-refractivity contribution in [1.29, 1.82) is 0 Å². The highest BCUT2D eigenvalue weighted by Crippen LogP contribution is 2.33. The van der Waals surface area contributed by atoms with Crippen LogP contribution < -0.4 is 0 Å². The van der Waals surface area contributed by atoms with Gasteiger partial charge in [0.15, 0.2) is 0 Å². The number of pyridine rings is 2. The van der Waals surface area contributed by atoms with Crippen LogP contribution in [0.2, 0.25) is 0 Å². The van der Waals surface area contributed by atoms with E-state index in [4.69, 9.17) is 9.47 Å². The van der Waals surface area contributed by atoms with Gasteiger partial charge in [-0.1, -0.05) is 6.07 Å². The maximum Gasteiger partial charge on any atom is 0.0995 e. The lowest BCUT2D eigenvalue weighted by Gasteiger charge is -2.31. The standard InChI is InChI=1S/C19H23N3O2/c1-2-8-21-16(3-1)13-22-11-12-23-18-5-4-17(22)19(18)24-14-15-6-9-20-10-7-15/h1-3,6-10,17-19H,4-5,11-14H2/t17-,18-,19+/m0/s1. The van der Waals surface area contributed by atoms with Crippen LogP contribution in [0.15, 0.2) is 48.9 Å². The van der Waals surface area contributed by atoms with Crippen molar-refractivity contribution in [2.75, 3.05) is 13.2 Å². The zero-order chi connectivity index (χ0) is 16.2. The van der Waals surface area contributed by atoms with Gasteiger partial charge in [0.2, 0.25) is 0 Å². The number of rotatable bonds is 5. The van der Waals surface area contributed by atoms with Gasteiger partial charge in [0.05, 0.1) is 31.1 Å². The molecule has 3 heterocycles. The third-order valence-corrected chi connectivity index (χ3v) is 4.96. The SMILES string of the molecule is c1ccc(CN2CCO[C@H]3CC[C@H]2[C@H]3OCc2ccncc2)nc1. The van der Waals surface area contributed by atoms with Crippen molar-refractivity contribution >= 4 is 0 Å². The van der Waals surface area contributed by atoms with Gasteiger partial charge in [-0.3, -0.25) is 14.9 Å². The van der Waals surface area contributed by atoms with E-state index in [0.29, 0.717) is 12.6 Å². The zero-order valence-corrected chi connectivity index (χ0v) is 13.8. The minimum atomic E-state index is 0.129. The molecule has 0 spiro atoms. The Labute approximate surface area is 142 Å². The molecule has 24 heavy (non-hydrogen) atoms. The molecule has 5 heteroatoms. The number of nitrogens with zero attached hydrogens (tertiary/aromatic N) is 3. The lowest BCUT2D eigenvalue weighted by molar-refractivity contribution is -0.0614. The number of aromatic nitrogens is 2. The van der Waals surface area contributed by atoms with Crippen molar-refractivity contribution in [3.8, 4) is 0 Å². The topological polar surface area (TPSA) is 47.5 Å². The van der Waals surface area contributed by atoms with Gasteiger partial charge in [0.25, 0.3) is 0 Å². The van der Waals surface area contributed by atoms with Gasteiger partial charge in [0.1, 0.15) is 0 Å². The van der Waals surface area contributed by atoms with Gasteiger partial charge < -0.3 is 9.47 Å². The highest BCUT2D eigenvalue weighted by Gasteiger charge is 2.43. The Bertz CT molecular complexity index is 638. The van der Waals surface area contributed by atoms with Crippen molar-refractivity contribution in [3.63, 3.8) is 0 Å². The lowest BCUT2D eigenvalue weighted by Crippen LogP contribution is -2.42. The fourth-order valence-corrected chi connectivity index (χ4v) is 3.75. The molecule has 0 amide bonds. The monoisotopic (exact) mass is 325 g/mol. The van der Waals surface area contributed by atoms with E-state index in [-0.39, 0.29) is 12.2 Å². The summed E-state index contributed by atoms with van der Waals surface area (Å²) in [5, 5.41) is 0. The van der Waals surface area contributed by atoms with Crippen LogP contribution in [0, 0.1) is 0 Å². The largest absolute Gasteiger partial charge is 0.374 e. The van der Waals surface area contributed by atoms with Gasteiger partial charge in [-0.25, -0.2) is 0 Å². The average molecular weight is 325 g/mol. The predicted octanol–water partition coefficient (Wildman–Crippen LogP) is 2.43. The molecule has 1 saturated carbocycles. The Morgan fingerprint density at radius 2 is 2.04 bits per heavy atom. The van der Waals surface area contributed by atoms with Crippen LogP contribution in [0.5, 0.6) is 0 Å². The van der Waals surface area contributed by atoms with Crippen LogP contribution in [-0.2, 0) is 22.6 Å². The molecule has 4 rings (SSSR count). The van der Waals surface area contributed by atoms with E-state index in [1.807, 2.05) is 42.9 Å². The lowest BCUT2D eigenvalue weighted by atomic mass is 10.1. The Balaban J connectivity index is 1.45. The minimum Gasteiger partial charge on any atom is -0.374 e. The van der Waals surface area contributed by atoms with Gasteiger partial charge >= 0.3 is 0 Å². The minimum absolute atomic E-state index is 0.129. The number of hydrogen-bond donors (Lipinski definition) is 0. The van der Waals surface area contributed by atoms with Crippen molar-refractivity contribution in [2.24, 2.45) is 0 Å². The summed E-state index contributed by atoms with van der Waals surface area (Å²) < 4.78 is 12.4. The normalized spacial score (nSPS) is 27.1. The molecule has 0 radical (unpaired) electrons. The molecular weight excluding hydrogens is 302 g/mol. The Kier molecular flexibility index (Phi) is 4.83. The predicted molar refractivity (Wildman–Crippen MR) is 90.2 cm³/mol. The first-order valence-corrected chi connectivity index (χ1v) is 8.66. The van der Waals surface area contributed by atoms with E-state index >= 15 is 0 Å². The Morgan fingerprint density at radius 1 is 1.12 bits per heavy atom. The average Bonchev–Trinajstić information content (AvgIpc) is 2.94. The van der Waals surface area contributed by atoms with Crippen LogP contribution in [0.3, 0.4) is 0 Å². The maximum absolute atomic E-state index is 6.29. The summed E-state index contributed by atoms with van der Waals surface area (Å²) in [6.07, 6.45) is 8.02. The van der Waals surface area contributed by atoms with Crippen molar-refractivity contribution in [1.82, 2.24) is 14.9 Å². The molecule has 0 aromatic carbocycles. The molecule has 126 valence electrons. The molecule has 5 nitrogen and oxygen atoms in total. The zero-order valence-electron chi connectivity index (χ0n) is 13.8. The maximum atomic E-state index is 6.29. The smallest absolute Gasteiger partial charge is 0.0995 e. The van der Waals surface area contributed by atoms with E-state index in [1.54, 1.807) is 0 Å². The van der Waals surface area contributed by atoms with Gasteiger partial charge in [-0.05, 0) is 42.7 Å². The highest BCUT2D eigenvalue weighted by molar-refractivity contribution is 5.09. The first-order chi connectivity index (χ1) is 11.9. The first kappa shape index (κ1) is 15.7. The van der Waals surface area contributed by atoms with Crippen LogP contribution >= 0.6 is 0 Å². The second-order valence-electron chi connectivity index (χ2n) is 6.48. The molecule has 1 aliphatic carbocycles. The second-order valence-corrected chi connectivity index (χ2v) is 6.48. The van der Waals surface area contributed by atoms with Crippen molar-refractivity contribution < 1.29 is 9.47 Å². The second kappa shape index (κ2) is 7.38. The van der Waals surface area contributed by atoms with Gasteiger partial charge in [0, 0.05) is 37.7 Å². The molecule has 2 fully saturated rings. The molecule has 2 aromatic heterocycles. The van der Waals surface area contributed by atoms with E-state index in [1.165, 1.54) is 0 Å². The molecule has 2 bridgehead atoms. The third-order valence-electron chi connectivity index (χ3n) is 4.96. The summed E-state index contributed by atoms with van der Waals surface area (Å²) in [7, 11) is 0. The third kappa shape index (κ3) is 3.48. The summed E-state index contributed by atoms with van der Waals surface area (Å²) in [6.45, 7) is 3.17. The van der Waals surface area contributed by atoms with E-state index in [2.05, 4.69) is 20.9 Å². The quantitative estimate of drug-likeness (QED) is 0.845. The Hall–Kier alpha value is -1.82. The molecule has 0 unspecified atom stereocenters. The Morgan fingerprint density at radius 3 is 2.88 bits per heavy atom. The van der Waals surface area contributed by atoms with E-state index in [9.17, 15) is 0 Å². The van der Waals surface area contributed by atoms with Gasteiger partial charge in [-0.15, -0.1) is 0 Å². The van der Waals surface area contributed by atoms with E-state index < -0.39 is 0 Å². The van der Waals surface area contributed by atoms with Crippen LogP contribution in [0.25, 0.3) is 0 Å². The summed E-state index contributed by atoms with van der Waals surface area (Å²) in [5.74, 6) is 0. The van der Waals surface area contributed by atoms with Gasteiger partial charge in [-0.2, -0.15) is 0 Å². The molecule has 1 aliphatic heterocycles. The number of hydrogen-bond acceptors (Lipinski definition) is 5. The van der Waals surface area contributed by atoms with E-state index in [0.717, 1.165) is 43.8 Å². The first-order valence-electron chi connectivity index (χ1n) is 8.66. The highest BCUT2D eigenvalue weighted by atomic mass is 16.5. The molecule has 0 N–H and O–H groups in total. The molecule has 2 aromatic rings.